The molecular formula is C43H52N4. The van der Waals surface area contributed by atoms with E-state index in [1.165, 1.54) is 94.3 Å². The maximum Gasteiger partial charge on any atom is 0.0693 e. The first-order valence-corrected chi connectivity index (χ1v) is 18.4. The Labute approximate surface area is 280 Å². The summed E-state index contributed by atoms with van der Waals surface area (Å²) in [5, 5.41) is 0. The monoisotopic (exact) mass is 624 g/mol. The highest BCUT2D eigenvalue weighted by Crippen LogP contribution is 2.38. The van der Waals surface area contributed by atoms with Crippen LogP contribution in [0.2, 0.25) is 0 Å². The van der Waals surface area contributed by atoms with Crippen LogP contribution in [-0.4, -0.2) is 18.2 Å². The Balaban J connectivity index is 1.95. The highest BCUT2D eigenvalue weighted by Gasteiger charge is 2.24. The van der Waals surface area contributed by atoms with Gasteiger partial charge in [0.15, 0.2) is 0 Å². The van der Waals surface area contributed by atoms with E-state index in [0.29, 0.717) is 0 Å². The third-order valence-electron chi connectivity index (χ3n) is 11.2. The molecule has 0 unspecified atom stereocenters. The Hall–Kier alpha value is -4.18. The fraction of sp³-hybridized carbons (Fsp3) is 0.395. The summed E-state index contributed by atoms with van der Waals surface area (Å²) in [6, 6.07) is 21.2. The molecule has 4 bridgehead atoms. The van der Waals surface area contributed by atoms with Crippen LogP contribution in [0.3, 0.4) is 0 Å². The lowest BCUT2D eigenvalue weighted by Crippen LogP contribution is -1.99. The number of hydrogen-bond acceptors (Lipinski definition) is 0. The van der Waals surface area contributed by atoms with Gasteiger partial charge in [0.1, 0.15) is 0 Å². The molecule has 4 nitrogen and oxygen atoms in total. The van der Waals surface area contributed by atoms with Gasteiger partial charge in [0.25, 0.3) is 0 Å². The smallest absolute Gasteiger partial charge is 0.0693 e. The molecule has 244 valence electrons. The van der Waals surface area contributed by atoms with Gasteiger partial charge in [-0.2, -0.15) is 0 Å². The van der Waals surface area contributed by atoms with Crippen LogP contribution in [0.5, 0.6) is 0 Å². The van der Waals surface area contributed by atoms with E-state index in [4.69, 9.17) is 0 Å². The summed E-state index contributed by atoms with van der Waals surface area (Å²) < 4.78 is 10.3. The molecule has 7 aromatic rings. The van der Waals surface area contributed by atoms with E-state index in [0.717, 1.165) is 51.4 Å². The molecular weight excluding hydrogens is 573 g/mol. The Bertz CT molecular complexity index is 2190. The van der Waals surface area contributed by atoms with Crippen molar-refractivity contribution < 1.29 is 0 Å². The second-order valence-corrected chi connectivity index (χ2v) is 13.2. The van der Waals surface area contributed by atoms with Gasteiger partial charge in [-0.25, -0.2) is 9.03 Å². The van der Waals surface area contributed by atoms with Gasteiger partial charge in [0.2, 0.25) is 0 Å². The minimum atomic E-state index is 0.990. The number of aromatic nitrogens is 4. The van der Waals surface area contributed by atoms with Crippen molar-refractivity contribution in [2.24, 2.45) is 7.05 Å². The van der Waals surface area contributed by atoms with E-state index in [9.17, 15) is 0 Å². The third kappa shape index (κ3) is 4.33. The second kappa shape index (κ2) is 12.1. The number of fused-ring (bicyclic) bond motifs is 4. The maximum absolute atomic E-state index is 2.63. The minimum Gasteiger partial charge on any atom is -0.344 e. The Morgan fingerprint density at radius 3 is 0.957 bits per heavy atom. The quantitative estimate of drug-likeness (QED) is 0.152. The summed E-state index contributed by atoms with van der Waals surface area (Å²) in [5.41, 5.74) is 23.7. The highest BCUT2D eigenvalue weighted by molar-refractivity contribution is 5.90. The first kappa shape index (κ1) is 31.4. The van der Waals surface area contributed by atoms with E-state index >= 15 is 0 Å². The Kier molecular flexibility index (Phi) is 8.10. The van der Waals surface area contributed by atoms with E-state index in [2.05, 4.69) is 135 Å². The van der Waals surface area contributed by atoms with Crippen LogP contribution >= 0.6 is 0 Å². The van der Waals surface area contributed by atoms with Crippen LogP contribution in [-0.2, 0) is 58.4 Å². The fourth-order valence-electron chi connectivity index (χ4n) is 9.17. The van der Waals surface area contributed by atoms with E-state index in [1.807, 2.05) is 0 Å². The zero-order chi connectivity index (χ0) is 33.1. The van der Waals surface area contributed by atoms with Crippen molar-refractivity contribution in [3.8, 4) is 5.69 Å². The summed E-state index contributed by atoms with van der Waals surface area (Å²) in [7, 11) is 2.29. The topological polar surface area (TPSA) is 18.7 Å². The van der Waals surface area contributed by atoms with Crippen LogP contribution in [0.25, 0.3) is 49.8 Å². The van der Waals surface area contributed by atoms with Crippen molar-refractivity contribution in [1.29, 1.82) is 0 Å². The number of nitrogens with zero attached hydrogens (tertiary/aromatic N) is 4. The van der Waals surface area contributed by atoms with Crippen molar-refractivity contribution in [3.63, 3.8) is 0 Å². The largest absolute Gasteiger partial charge is 0.344 e. The molecule has 0 aliphatic rings. The normalized spacial score (nSPS) is 12.2. The zero-order valence-corrected chi connectivity index (χ0v) is 30.1. The van der Waals surface area contributed by atoms with Gasteiger partial charge in [0.05, 0.1) is 33.1 Å². The Morgan fingerprint density at radius 2 is 0.638 bits per heavy atom. The van der Waals surface area contributed by atoms with Crippen molar-refractivity contribution in [2.45, 2.75) is 107 Å². The van der Waals surface area contributed by atoms with E-state index in [-0.39, 0.29) is 0 Å². The molecule has 0 N–H and O–H groups in total. The average Bonchev–Trinajstić information content (AvgIpc) is 3.76. The molecule has 0 fully saturated rings. The lowest BCUT2D eigenvalue weighted by molar-refractivity contribution is 0.917. The molecule has 0 radical (unpaired) electrons. The second-order valence-electron chi connectivity index (χ2n) is 13.2. The molecule has 47 heavy (non-hydrogen) atoms. The molecule has 0 saturated heterocycles. The lowest BCUT2D eigenvalue weighted by atomic mass is 10.0. The van der Waals surface area contributed by atoms with Crippen LogP contribution in [0.15, 0.2) is 54.6 Å². The van der Waals surface area contributed by atoms with E-state index < -0.39 is 0 Å². The average molecular weight is 625 g/mol. The first-order chi connectivity index (χ1) is 22.9. The molecule has 6 aromatic heterocycles. The summed E-state index contributed by atoms with van der Waals surface area (Å²) in [6.07, 6.45) is 8.04. The fourth-order valence-corrected chi connectivity index (χ4v) is 9.17. The molecule has 0 aliphatic heterocycles. The minimum absolute atomic E-state index is 0.990. The van der Waals surface area contributed by atoms with Gasteiger partial charge in [-0.3, -0.25) is 0 Å². The zero-order valence-electron chi connectivity index (χ0n) is 30.1. The number of benzene rings is 1. The van der Waals surface area contributed by atoms with Gasteiger partial charge < -0.3 is 9.13 Å². The van der Waals surface area contributed by atoms with Gasteiger partial charge in [-0.1, -0.05) is 73.6 Å². The standard InChI is InChI=1S/C43H52N4/c1-10-28-29(11-2)37-24-41-33(15-6)35(17-8)43-26-39-31(13-4)30(12-3)38(45(39)27-21-19-18-20-22-27)25-42-34(16-7)32(14-5)40(46(42)47(41)43)23-36(28)44(37)9/h18-26H,10-17H2,1-9H3. The van der Waals surface area contributed by atoms with E-state index in [1.54, 1.807) is 0 Å². The Morgan fingerprint density at radius 1 is 0.362 bits per heavy atom. The van der Waals surface area contributed by atoms with Gasteiger partial charge in [-0.15, -0.1) is 0 Å². The number of para-hydroxylation sites is 1. The van der Waals surface area contributed by atoms with Crippen molar-refractivity contribution in [1.82, 2.24) is 18.2 Å². The van der Waals surface area contributed by atoms with Crippen molar-refractivity contribution in [3.05, 3.63) is 99.1 Å². The number of rotatable bonds is 9. The molecule has 6 heterocycles. The molecule has 0 spiro atoms. The summed E-state index contributed by atoms with van der Waals surface area (Å²) in [4.78, 5) is 0. The predicted octanol–water partition coefficient (Wildman–Crippen LogP) is 10.8. The molecule has 0 aliphatic carbocycles. The lowest BCUT2D eigenvalue weighted by Gasteiger charge is -2.07. The number of aryl methyl sites for hydroxylation is 9. The number of hydrogen-bond donors (Lipinski definition) is 0. The summed E-state index contributed by atoms with van der Waals surface area (Å²) in [6.45, 7) is 18.7. The summed E-state index contributed by atoms with van der Waals surface area (Å²) >= 11 is 0. The summed E-state index contributed by atoms with van der Waals surface area (Å²) in [5.74, 6) is 0. The highest BCUT2D eigenvalue weighted by atomic mass is 15.3. The van der Waals surface area contributed by atoms with Crippen LogP contribution in [0.4, 0.5) is 0 Å². The van der Waals surface area contributed by atoms with Gasteiger partial charge in [0, 0.05) is 23.8 Å². The first-order valence-electron chi connectivity index (χ1n) is 18.4. The van der Waals surface area contributed by atoms with Crippen LogP contribution in [0, 0.1) is 0 Å². The molecule has 0 saturated carbocycles. The maximum atomic E-state index is 2.63. The molecule has 7 rings (SSSR count). The SMILES string of the molecule is CCc1c(CC)c2cc3c(CC)c(CC)c4cc5c(CC)c(CC)c(cc6c(CC)c(CC)c(cc1n2C)n6n34)n5-c1ccccc1. The van der Waals surface area contributed by atoms with Gasteiger partial charge >= 0.3 is 0 Å². The molecule has 0 atom stereocenters. The molecule has 4 heteroatoms. The predicted molar refractivity (Wildman–Crippen MR) is 203 cm³/mol. The third-order valence-corrected chi connectivity index (χ3v) is 11.2. The van der Waals surface area contributed by atoms with Gasteiger partial charge in [-0.05, 0) is 132 Å². The molecule has 1 aromatic carbocycles. The van der Waals surface area contributed by atoms with Crippen LogP contribution in [0.1, 0.15) is 99.9 Å². The van der Waals surface area contributed by atoms with Crippen LogP contribution < -0.4 is 0 Å². The van der Waals surface area contributed by atoms with Crippen molar-refractivity contribution >= 4 is 44.1 Å². The van der Waals surface area contributed by atoms with Crippen molar-refractivity contribution in [2.75, 3.05) is 0 Å². The molecule has 0 amide bonds.